The number of nitrogens with zero attached hydrogens (tertiary/aromatic N) is 5. The van der Waals surface area contributed by atoms with Crippen molar-refractivity contribution in [1.29, 1.82) is 0 Å². The second-order valence-electron chi connectivity index (χ2n) is 7.55. The van der Waals surface area contributed by atoms with E-state index in [4.69, 9.17) is 0 Å². The van der Waals surface area contributed by atoms with Crippen LogP contribution in [0.1, 0.15) is 42.8 Å². The first kappa shape index (κ1) is 18.4. The van der Waals surface area contributed by atoms with Crippen molar-refractivity contribution >= 4 is 15.8 Å². The molecule has 8 nitrogen and oxygen atoms in total. The minimum atomic E-state index is -3.51. The Kier molecular flexibility index (Phi) is 4.67. The highest BCUT2D eigenvalue weighted by atomic mass is 32.2. The number of anilines is 1. The molecule has 1 aliphatic heterocycles. The van der Waals surface area contributed by atoms with Gasteiger partial charge in [-0.15, -0.1) is 0 Å². The molecule has 0 spiro atoms. The van der Waals surface area contributed by atoms with Gasteiger partial charge in [-0.05, 0) is 46.5 Å². The molecule has 9 heteroatoms. The maximum atomic E-state index is 13.1. The lowest BCUT2D eigenvalue weighted by Crippen LogP contribution is -2.48. The van der Waals surface area contributed by atoms with Gasteiger partial charge in [-0.1, -0.05) is 0 Å². The van der Waals surface area contributed by atoms with Gasteiger partial charge < -0.3 is 4.90 Å². The zero-order valence-electron chi connectivity index (χ0n) is 16.0. The fraction of sp³-hybridized carbons (Fsp3) is 0.611. The Morgan fingerprint density at radius 3 is 2.30 bits per heavy atom. The van der Waals surface area contributed by atoms with Crippen molar-refractivity contribution in [2.45, 2.75) is 63.4 Å². The summed E-state index contributed by atoms with van der Waals surface area (Å²) in [4.78, 5) is 11.4. The molecule has 1 saturated heterocycles. The fourth-order valence-corrected chi connectivity index (χ4v) is 5.82. The number of hydrogen-bond donors (Lipinski definition) is 1. The number of nitrogens with one attached hydrogen (secondary N) is 1. The van der Waals surface area contributed by atoms with Crippen LogP contribution in [0.25, 0.3) is 0 Å². The molecule has 27 heavy (non-hydrogen) atoms. The standard InChI is InChI=1S/C18H26N6O2S/c1-12-10-17(20-11-19-12)24(15-4-5-15)16-6-8-23(9-7-16)27(25,26)18-13(2)21-22-14(18)3/h10-11,15-16H,4-9H2,1-3H3,(H,21,22). The number of aryl methyl sites for hydroxylation is 3. The van der Waals surface area contributed by atoms with E-state index in [0.717, 1.165) is 24.4 Å². The van der Waals surface area contributed by atoms with Crippen LogP contribution in [-0.2, 0) is 10.0 Å². The number of piperidine rings is 1. The van der Waals surface area contributed by atoms with Crippen LogP contribution in [0.15, 0.2) is 17.3 Å². The van der Waals surface area contributed by atoms with Crippen molar-refractivity contribution in [2.75, 3.05) is 18.0 Å². The maximum absolute atomic E-state index is 13.1. The van der Waals surface area contributed by atoms with E-state index in [-0.39, 0.29) is 0 Å². The first-order valence-electron chi connectivity index (χ1n) is 9.46. The SMILES string of the molecule is Cc1cc(N(C2CC2)C2CCN(S(=O)(=O)c3c(C)n[nH]c3C)CC2)ncn1. The van der Waals surface area contributed by atoms with E-state index < -0.39 is 10.0 Å². The predicted octanol–water partition coefficient (Wildman–Crippen LogP) is 1.95. The van der Waals surface area contributed by atoms with E-state index in [2.05, 4.69) is 25.1 Å². The monoisotopic (exact) mass is 390 g/mol. The molecule has 2 aromatic rings. The van der Waals surface area contributed by atoms with Crippen LogP contribution < -0.4 is 4.90 Å². The Morgan fingerprint density at radius 2 is 1.74 bits per heavy atom. The molecule has 0 amide bonds. The zero-order valence-corrected chi connectivity index (χ0v) is 16.8. The molecule has 0 radical (unpaired) electrons. The lowest BCUT2D eigenvalue weighted by molar-refractivity contribution is 0.308. The van der Waals surface area contributed by atoms with E-state index in [1.165, 1.54) is 12.8 Å². The van der Waals surface area contributed by atoms with Crippen molar-refractivity contribution in [3.05, 3.63) is 29.5 Å². The van der Waals surface area contributed by atoms with Crippen molar-refractivity contribution in [3.8, 4) is 0 Å². The van der Waals surface area contributed by atoms with Crippen LogP contribution in [0.5, 0.6) is 0 Å². The second kappa shape index (κ2) is 6.87. The smallest absolute Gasteiger partial charge is 0.246 e. The predicted molar refractivity (Wildman–Crippen MR) is 102 cm³/mol. The lowest BCUT2D eigenvalue weighted by atomic mass is 10.0. The summed E-state index contributed by atoms with van der Waals surface area (Å²) in [5, 5.41) is 6.83. The Balaban J connectivity index is 1.51. The molecule has 1 saturated carbocycles. The molecule has 146 valence electrons. The summed E-state index contributed by atoms with van der Waals surface area (Å²) in [6.45, 7) is 6.50. The summed E-state index contributed by atoms with van der Waals surface area (Å²) in [6.07, 6.45) is 5.57. The van der Waals surface area contributed by atoms with Gasteiger partial charge in [-0.25, -0.2) is 18.4 Å². The molecule has 4 rings (SSSR count). The van der Waals surface area contributed by atoms with E-state index >= 15 is 0 Å². The Hall–Kier alpha value is -2.00. The average molecular weight is 391 g/mol. The van der Waals surface area contributed by atoms with Crippen LogP contribution in [0.4, 0.5) is 5.82 Å². The summed E-state index contributed by atoms with van der Waals surface area (Å²) in [6, 6.07) is 2.86. The minimum absolute atomic E-state index is 0.310. The molecule has 2 aromatic heterocycles. The zero-order chi connectivity index (χ0) is 19.2. The number of H-pyrrole nitrogens is 1. The number of rotatable bonds is 5. The van der Waals surface area contributed by atoms with Gasteiger partial charge in [-0.3, -0.25) is 5.10 Å². The molecule has 0 unspecified atom stereocenters. The van der Waals surface area contributed by atoms with Crippen LogP contribution in [0.2, 0.25) is 0 Å². The van der Waals surface area contributed by atoms with Gasteiger partial charge in [0.2, 0.25) is 10.0 Å². The average Bonchev–Trinajstić information content (AvgIpc) is 3.39. The van der Waals surface area contributed by atoms with Crippen molar-refractivity contribution < 1.29 is 8.42 Å². The Labute approximate surface area is 160 Å². The van der Waals surface area contributed by atoms with Gasteiger partial charge >= 0.3 is 0 Å². The maximum Gasteiger partial charge on any atom is 0.246 e. The van der Waals surface area contributed by atoms with Gasteiger partial charge in [0.05, 0.1) is 11.4 Å². The molecule has 0 atom stereocenters. The van der Waals surface area contributed by atoms with Crippen molar-refractivity contribution in [2.24, 2.45) is 0 Å². The van der Waals surface area contributed by atoms with E-state index in [1.54, 1.807) is 24.5 Å². The molecule has 1 aliphatic carbocycles. The quantitative estimate of drug-likeness (QED) is 0.838. The normalized spacial score (nSPS) is 19.4. The van der Waals surface area contributed by atoms with Crippen molar-refractivity contribution in [1.82, 2.24) is 24.5 Å². The highest BCUT2D eigenvalue weighted by Gasteiger charge is 2.39. The summed E-state index contributed by atoms with van der Waals surface area (Å²) in [5.74, 6) is 0.966. The fourth-order valence-electron chi connectivity index (χ4n) is 4.02. The Bertz CT molecular complexity index is 910. The third-order valence-electron chi connectivity index (χ3n) is 5.47. The summed E-state index contributed by atoms with van der Waals surface area (Å²) in [5.41, 5.74) is 2.09. The molecular weight excluding hydrogens is 364 g/mol. The number of aromatic amines is 1. The summed E-state index contributed by atoms with van der Waals surface area (Å²) in [7, 11) is -3.51. The van der Waals surface area contributed by atoms with Crippen LogP contribution >= 0.6 is 0 Å². The van der Waals surface area contributed by atoms with Gasteiger partial charge in [0.1, 0.15) is 17.0 Å². The summed E-state index contributed by atoms with van der Waals surface area (Å²) >= 11 is 0. The highest BCUT2D eigenvalue weighted by Crippen LogP contribution is 2.36. The summed E-state index contributed by atoms with van der Waals surface area (Å²) < 4.78 is 27.7. The third-order valence-corrected chi connectivity index (χ3v) is 7.63. The first-order chi connectivity index (χ1) is 12.9. The van der Waals surface area contributed by atoms with Crippen LogP contribution in [0, 0.1) is 20.8 Å². The first-order valence-corrected chi connectivity index (χ1v) is 10.9. The lowest BCUT2D eigenvalue weighted by Gasteiger charge is -2.39. The highest BCUT2D eigenvalue weighted by molar-refractivity contribution is 7.89. The molecule has 1 N–H and O–H groups in total. The van der Waals surface area contributed by atoms with Crippen molar-refractivity contribution in [3.63, 3.8) is 0 Å². The van der Waals surface area contributed by atoms with E-state index in [0.29, 0.717) is 41.5 Å². The van der Waals surface area contributed by atoms with E-state index in [9.17, 15) is 8.42 Å². The van der Waals surface area contributed by atoms with Gasteiger partial charge in [0.15, 0.2) is 0 Å². The molecule has 3 heterocycles. The number of aromatic nitrogens is 4. The van der Waals surface area contributed by atoms with Crippen LogP contribution in [0.3, 0.4) is 0 Å². The minimum Gasteiger partial charge on any atom is -0.350 e. The third kappa shape index (κ3) is 3.45. The largest absolute Gasteiger partial charge is 0.350 e. The number of sulfonamides is 1. The number of hydrogen-bond acceptors (Lipinski definition) is 6. The molecule has 2 aliphatic rings. The molecule has 0 bridgehead atoms. The molecular formula is C18H26N6O2S. The van der Waals surface area contributed by atoms with Gasteiger partial charge in [0, 0.05) is 36.9 Å². The Morgan fingerprint density at radius 1 is 1.07 bits per heavy atom. The second-order valence-corrected chi connectivity index (χ2v) is 9.43. The van der Waals surface area contributed by atoms with E-state index in [1.807, 2.05) is 13.0 Å². The molecule has 2 fully saturated rings. The molecule has 0 aromatic carbocycles. The van der Waals surface area contributed by atoms with Crippen LogP contribution in [-0.4, -0.2) is 58.1 Å². The van der Waals surface area contributed by atoms with Gasteiger partial charge in [-0.2, -0.15) is 9.40 Å². The van der Waals surface area contributed by atoms with Gasteiger partial charge in [0.25, 0.3) is 0 Å². The topological polar surface area (TPSA) is 95.1 Å².